The van der Waals surface area contributed by atoms with Gasteiger partial charge in [0, 0.05) is 18.5 Å². The minimum Gasteiger partial charge on any atom is -0.481 e. The van der Waals surface area contributed by atoms with E-state index in [1.807, 2.05) is 0 Å². The molecule has 0 aliphatic carbocycles. The molecule has 0 bridgehead atoms. The molecule has 0 saturated carbocycles. The van der Waals surface area contributed by atoms with E-state index in [9.17, 15) is 18.0 Å². The van der Waals surface area contributed by atoms with Gasteiger partial charge in [0.1, 0.15) is 0 Å². The highest BCUT2D eigenvalue weighted by Crippen LogP contribution is 2.12. The van der Waals surface area contributed by atoms with E-state index in [4.69, 9.17) is 5.11 Å². The van der Waals surface area contributed by atoms with Gasteiger partial charge in [-0.3, -0.25) is 9.59 Å². The Balaban J connectivity index is 2.74. The number of rotatable bonds is 7. The molecule has 0 spiro atoms. The Bertz CT molecular complexity index is 580. The zero-order valence-corrected chi connectivity index (χ0v) is 11.2. The third-order valence-corrected chi connectivity index (χ3v) is 3.87. The molecular formula is C12H15NO5S. The van der Waals surface area contributed by atoms with Gasteiger partial charge >= 0.3 is 5.97 Å². The highest BCUT2D eigenvalue weighted by Gasteiger charge is 2.14. The third-order valence-electron chi connectivity index (χ3n) is 2.41. The smallest absolute Gasteiger partial charge is 0.303 e. The number of hydrogen-bond acceptors (Lipinski definition) is 4. The highest BCUT2D eigenvalue weighted by atomic mass is 32.2. The second-order valence-electron chi connectivity index (χ2n) is 3.98. The summed E-state index contributed by atoms with van der Waals surface area (Å²) in [6.45, 7) is 1.39. The van der Waals surface area contributed by atoms with Crippen LogP contribution in [0.2, 0.25) is 0 Å². The van der Waals surface area contributed by atoms with Crippen molar-refractivity contribution < 1.29 is 23.1 Å². The molecule has 0 radical (unpaired) electrons. The topological polar surface area (TPSA) is 101 Å². The second-order valence-corrected chi connectivity index (χ2v) is 5.75. The molecule has 0 amide bonds. The summed E-state index contributed by atoms with van der Waals surface area (Å²) in [5, 5.41) is 8.44. The minimum absolute atomic E-state index is 0.00414. The van der Waals surface area contributed by atoms with E-state index in [1.165, 1.54) is 31.2 Å². The van der Waals surface area contributed by atoms with Crippen LogP contribution in [0.4, 0.5) is 0 Å². The molecule has 104 valence electrons. The van der Waals surface area contributed by atoms with Crippen molar-refractivity contribution in [3.8, 4) is 0 Å². The van der Waals surface area contributed by atoms with Crippen LogP contribution in [0, 0.1) is 0 Å². The average molecular weight is 285 g/mol. The first-order chi connectivity index (χ1) is 8.83. The normalized spacial score (nSPS) is 11.2. The molecule has 0 unspecified atom stereocenters. The molecule has 6 nitrogen and oxygen atoms in total. The number of carboxylic acid groups (broad SMARTS) is 1. The Morgan fingerprint density at radius 2 is 2.00 bits per heavy atom. The van der Waals surface area contributed by atoms with Gasteiger partial charge in [-0.2, -0.15) is 0 Å². The van der Waals surface area contributed by atoms with E-state index in [1.54, 1.807) is 0 Å². The SMILES string of the molecule is CC(=O)c1cccc(S(=O)(=O)NCCCC(=O)O)c1. The highest BCUT2D eigenvalue weighted by molar-refractivity contribution is 7.89. The molecule has 7 heteroatoms. The van der Waals surface area contributed by atoms with Crippen molar-refractivity contribution in [2.45, 2.75) is 24.7 Å². The summed E-state index contributed by atoms with van der Waals surface area (Å²) >= 11 is 0. The first-order valence-corrected chi connectivity index (χ1v) is 7.14. The van der Waals surface area contributed by atoms with E-state index < -0.39 is 16.0 Å². The van der Waals surface area contributed by atoms with Crippen molar-refractivity contribution in [1.82, 2.24) is 4.72 Å². The number of aliphatic carboxylic acids is 1. The lowest BCUT2D eigenvalue weighted by atomic mass is 10.2. The summed E-state index contributed by atoms with van der Waals surface area (Å²) < 4.78 is 26.1. The number of carbonyl (C=O) groups excluding carboxylic acids is 1. The fourth-order valence-electron chi connectivity index (χ4n) is 1.41. The number of nitrogens with one attached hydrogen (secondary N) is 1. The molecular weight excluding hydrogens is 270 g/mol. The van der Waals surface area contributed by atoms with Crippen LogP contribution in [-0.2, 0) is 14.8 Å². The summed E-state index contributed by atoms with van der Waals surface area (Å²) in [6, 6.07) is 5.70. The van der Waals surface area contributed by atoms with Crippen LogP contribution in [0.3, 0.4) is 0 Å². The lowest BCUT2D eigenvalue weighted by Crippen LogP contribution is -2.25. The van der Waals surface area contributed by atoms with Gasteiger partial charge < -0.3 is 5.11 Å². The second kappa shape index (κ2) is 6.44. The Morgan fingerprint density at radius 3 is 2.58 bits per heavy atom. The van der Waals surface area contributed by atoms with Gasteiger partial charge in [0.05, 0.1) is 4.90 Å². The number of carbonyl (C=O) groups is 2. The van der Waals surface area contributed by atoms with Gasteiger partial charge in [0.25, 0.3) is 0 Å². The summed E-state index contributed by atoms with van der Waals surface area (Å²) in [6.07, 6.45) is 0.108. The maximum Gasteiger partial charge on any atom is 0.303 e. The van der Waals surface area contributed by atoms with Gasteiger partial charge in [0.15, 0.2) is 5.78 Å². The largest absolute Gasteiger partial charge is 0.481 e. The number of benzene rings is 1. The van der Waals surface area contributed by atoms with Crippen molar-refractivity contribution in [3.05, 3.63) is 29.8 Å². The number of hydrogen-bond donors (Lipinski definition) is 2. The van der Waals surface area contributed by atoms with Crippen LogP contribution in [0.5, 0.6) is 0 Å². The molecule has 0 aromatic heterocycles. The van der Waals surface area contributed by atoms with Crippen LogP contribution in [0.1, 0.15) is 30.1 Å². The molecule has 0 aliphatic rings. The van der Waals surface area contributed by atoms with E-state index >= 15 is 0 Å². The van der Waals surface area contributed by atoms with E-state index in [2.05, 4.69) is 4.72 Å². The maximum atomic E-state index is 11.9. The zero-order chi connectivity index (χ0) is 14.5. The summed E-state index contributed by atoms with van der Waals surface area (Å²) in [4.78, 5) is 21.5. The summed E-state index contributed by atoms with van der Waals surface area (Å²) in [7, 11) is -3.71. The molecule has 0 heterocycles. The monoisotopic (exact) mass is 285 g/mol. The summed E-state index contributed by atoms with van der Waals surface area (Å²) in [5.74, 6) is -1.19. The fourth-order valence-corrected chi connectivity index (χ4v) is 2.53. The number of Topliss-reactive ketones (excluding diaryl/α,β-unsaturated/α-hetero) is 1. The van der Waals surface area contributed by atoms with Crippen molar-refractivity contribution in [2.75, 3.05) is 6.54 Å². The predicted molar refractivity (Wildman–Crippen MR) is 68.5 cm³/mol. The van der Waals surface area contributed by atoms with Crippen molar-refractivity contribution in [1.29, 1.82) is 0 Å². The molecule has 19 heavy (non-hydrogen) atoms. The van der Waals surface area contributed by atoms with Gasteiger partial charge in [0.2, 0.25) is 10.0 Å². The van der Waals surface area contributed by atoms with Crippen LogP contribution in [0.25, 0.3) is 0 Å². The van der Waals surface area contributed by atoms with E-state index in [0.29, 0.717) is 5.56 Å². The Morgan fingerprint density at radius 1 is 1.32 bits per heavy atom. The number of carboxylic acids is 1. The Kier molecular flexibility index (Phi) is 5.20. The first kappa shape index (κ1) is 15.3. The molecule has 1 aromatic carbocycles. The van der Waals surface area contributed by atoms with Crippen LogP contribution in [-0.4, -0.2) is 31.8 Å². The van der Waals surface area contributed by atoms with Crippen molar-refractivity contribution >= 4 is 21.8 Å². The third kappa shape index (κ3) is 4.80. The lowest BCUT2D eigenvalue weighted by molar-refractivity contribution is -0.137. The fraction of sp³-hybridized carbons (Fsp3) is 0.333. The zero-order valence-electron chi connectivity index (χ0n) is 10.4. The predicted octanol–water partition coefficient (Wildman–Crippen LogP) is 1.03. The molecule has 0 aliphatic heterocycles. The number of ketones is 1. The van der Waals surface area contributed by atoms with Gasteiger partial charge in [-0.25, -0.2) is 13.1 Å². The van der Waals surface area contributed by atoms with Gasteiger partial charge in [-0.1, -0.05) is 12.1 Å². The maximum absolute atomic E-state index is 11.9. The Labute approximate surface area is 111 Å². The first-order valence-electron chi connectivity index (χ1n) is 5.65. The van der Waals surface area contributed by atoms with Crippen LogP contribution in [0.15, 0.2) is 29.2 Å². The van der Waals surface area contributed by atoms with Gasteiger partial charge in [-0.05, 0) is 25.5 Å². The van der Waals surface area contributed by atoms with E-state index in [0.717, 1.165) is 0 Å². The molecule has 0 fully saturated rings. The molecule has 0 atom stereocenters. The Hall–Kier alpha value is -1.73. The standard InChI is InChI=1S/C12H15NO5S/c1-9(14)10-4-2-5-11(8-10)19(17,18)13-7-3-6-12(15)16/h2,4-5,8,13H,3,6-7H2,1H3,(H,15,16). The van der Waals surface area contributed by atoms with Gasteiger partial charge in [-0.15, -0.1) is 0 Å². The minimum atomic E-state index is -3.71. The summed E-state index contributed by atoms with van der Waals surface area (Å²) in [5.41, 5.74) is 0.313. The average Bonchev–Trinajstić information content (AvgIpc) is 2.34. The van der Waals surface area contributed by atoms with Crippen LogP contribution >= 0.6 is 0 Å². The van der Waals surface area contributed by atoms with Crippen molar-refractivity contribution in [3.63, 3.8) is 0 Å². The molecule has 1 aromatic rings. The quantitative estimate of drug-likeness (QED) is 0.575. The van der Waals surface area contributed by atoms with Crippen LogP contribution < -0.4 is 4.72 Å². The molecule has 2 N–H and O–H groups in total. The van der Waals surface area contributed by atoms with Crippen molar-refractivity contribution in [2.24, 2.45) is 0 Å². The number of sulfonamides is 1. The molecule has 1 rings (SSSR count). The molecule has 0 saturated heterocycles. The van der Waals surface area contributed by atoms with E-state index in [-0.39, 0.29) is 30.1 Å². The lowest BCUT2D eigenvalue weighted by Gasteiger charge is -2.07.